The van der Waals surface area contributed by atoms with Gasteiger partial charge in [0, 0.05) is 12.1 Å². The summed E-state index contributed by atoms with van der Waals surface area (Å²) in [5.41, 5.74) is 0. The van der Waals surface area contributed by atoms with Gasteiger partial charge in [0.25, 0.3) is 0 Å². The van der Waals surface area contributed by atoms with Crippen LogP contribution in [0.3, 0.4) is 0 Å². The van der Waals surface area contributed by atoms with Crippen molar-refractivity contribution >= 4 is 5.97 Å². The summed E-state index contributed by atoms with van der Waals surface area (Å²) in [6.45, 7) is 0. The molecule has 2 saturated carbocycles. The van der Waals surface area contributed by atoms with E-state index < -0.39 is 5.97 Å². The third-order valence-corrected chi connectivity index (χ3v) is 4.88. The third-order valence-electron chi connectivity index (χ3n) is 4.88. The first-order valence-electron chi connectivity index (χ1n) is 6.77. The Bertz CT molecular complexity index is 286. The molecule has 0 aromatic rings. The number of carboxylic acid groups (broad SMARTS) is 1. The molecule has 3 fully saturated rings. The van der Waals surface area contributed by atoms with E-state index in [9.17, 15) is 9.90 Å². The minimum atomic E-state index is -0.572. The number of rotatable bonds is 2. The molecule has 1 N–H and O–H groups in total. The van der Waals surface area contributed by atoms with Gasteiger partial charge in [0.05, 0.1) is 0 Å². The Kier molecular flexibility index (Phi) is 2.66. The summed E-state index contributed by atoms with van der Waals surface area (Å²) in [6.07, 6.45) is 9.93. The number of carboxylic acids is 1. The standard InChI is InChI=1S/C13H21NO2/c15-13(16)12-9-6-7-11(8-9)14(12)10-4-2-1-3-5-10/h9-12H,1-8H2,(H,15,16). The van der Waals surface area contributed by atoms with Crippen molar-refractivity contribution in [3.05, 3.63) is 0 Å². The van der Waals surface area contributed by atoms with Crippen LogP contribution in [0, 0.1) is 5.92 Å². The topological polar surface area (TPSA) is 40.5 Å². The highest BCUT2D eigenvalue weighted by atomic mass is 16.4. The van der Waals surface area contributed by atoms with E-state index in [0.29, 0.717) is 18.0 Å². The molecule has 1 heterocycles. The highest BCUT2D eigenvalue weighted by molar-refractivity contribution is 5.74. The van der Waals surface area contributed by atoms with E-state index in [-0.39, 0.29) is 6.04 Å². The summed E-state index contributed by atoms with van der Waals surface area (Å²) in [5.74, 6) is -0.123. The second-order valence-electron chi connectivity index (χ2n) is 5.75. The van der Waals surface area contributed by atoms with Gasteiger partial charge in [-0.2, -0.15) is 0 Å². The van der Waals surface area contributed by atoms with Gasteiger partial charge in [-0.25, -0.2) is 0 Å². The maximum atomic E-state index is 11.4. The molecule has 3 aliphatic rings. The Labute approximate surface area is 96.8 Å². The highest BCUT2D eigenvalue weighted by Gasteiger charge is 2.51. The van der Waals surface area contributed by atoms with Gasteiger partial charge in [0.2, 0.25) is 0 Å². The number of hydrogen-bond acceptors (Lipinski definition) is 2. The van der Waals surface area contributed by atoms with Crippen molar-refractivity contribution < 1.29 is 9.90 Å². The molecule has 3 heteroatoms. The minimum Gasteiger partial charge on any atom is -0.480 e. The van der Waals surface area contributed by atoms with E-state index in [1.807, 2.05) is 0 Å². The number of nitrogens with zero attached hydrogens (tertiary/aromatic N) is 1. The summed E-state index contributed by atoms with van der Waals surface area (Å²) < 4.78 is 0. The van der Waals surface area contributed by atoms with Crippen molar-refractivity contribution in [2.45, 2.75) is 69.5 Å². The zero-order chi connectivity index (χ0) is 11.1. The van der Waals surface area contributed by atoms with Crippen LogP contribution < -0.4 is 0 Å². The Balaban J connectivity index is 1.78. The van der Waals surface area contributed by atoms with E-state index in [2.05, 4.69) is 4.90 Å². The second kappa shape index (κ2) is 4.02. The molecule has 0 radical (unpaired) electrons. The van der Waals surface area contributed by atoms with Crippen molar-refractivity contribution in [1.29, 1.82) is 0 Å². The lowest BCUT2D eigenvalue weighted by Gasteiger charge is -2.40. The van der Waals surface area contributed by atoms with Crippen LogP contribution in [0.2, 0.25) is 0 Å². The van der Waals surface area contributed by atoms with Crippen LogP contribution in [0.1, 0.15) is 51.4 Å². The van der Waals surface area contributed by atoms with Crippen molar-refractivity contribution in [3.63, 3.8) is 0 Å². The van der Waals surface area contributed by atoms with E-state index in [0.717, 1.165) is 12.8 Å². The second-order valence-corrected chi connectivity index (χ2v) is 5.75. The average Bonchev–Trinajstić information content (AvgIpc) is 2.89. The van der Waals surface area contributed by atoms with Gasteiger partial charge in [-0.15, -0.1) is 0 Å². The number of carbonyl (C=O) groups is 1. The molecule has 3 nitrogen and oxygen atoms in total. The van der Waals surface area contributed by atoms with Crippen molar-refractivity contribution in [2.24, 2.45) is 5.92 Å². The predicted octanol–water partition coefficient (Wildman–Crippen LogP) is 2.26. The van der Waals surface area contributed by atoms with Crippen molar-refractivity contribution in [3.8, 4) is 0 Å². The lowest BCUT2D eigenvalue weighted by Crippen LogP contribution is -2.51. The first-order valence-corrected chi connectivity index (χ1v) is 6.77. The largest absolute Gasteiger partial charge is 0.480 e. The maximum Gasteiger partial charge on any atom is 0.321 e. The molecule has 90 valence electrons. The molecule has 0 amide bonds. The fourth-order valence-corrected chi connectivity index (χ4v) is 4.25. The molecule has 1 saturated heterocycles. The van der Waals surface area contributed by atoms with Gasteiger partial charge in [0.15, 0.2) is 0 Å². The first kappa shape index (κ1) is 10.6. The molecule has 3 rings (SSSR count). The van der Waals surface area contributed by atoms with Gasteiger partial charge in [-0.3, -0.25) is 9.69 Å². The van der Waals surface area contributed by atoms with Crippen LogP contribution in [-0.2, 0) is 4.79 Å². The quantitative estimate of drug-likeness (QED) is 0.780. The van der Waals surface area contributed by atoms with Crippen molar-refractivity contribution in [1.82, 2.24) is 4.90 Å². The monoisotopic (exact) mass is 223 g/mol. The normalized spacial score (nSPS) is 40.4. The number of fused-ring (bicyclic) bond motifs is 2. The Morgan fingerprint density at radius 2 is 1.75 bits per heavy atom. The summed E-state index contributed by atoms with van der Waals surface area (Å²) in [6, 6.07) is 1.01. The van der Waals surface area contributed by atoms with Crippen LogP contribution in [0.25, 0.3) is 0 Å². The number of aliphatic carboxylic acids is 1. The van der Waals surface area contributed by atoms with Crippen LogP contribution in [0.4, 0.5) is 0 Å². The van der Waals surface area contributed by atoms with E-state index in [1.54, 1.807) is 0 Å². The Hall–Kier alpha value is -0.570. The number of piperidine rings is 1. The highest BCUT2D eigenvalue weighted by Crippen LogP contribution is 2.45. The molecule has 1 aliphatic heterocycles. The first-order chi connectivity index (χ1) is 7.77. The summed E-state index contributed by atoms with van der Waals surface area (Å²) in [7, 11) is 0. The lowest BCUT2D eigenvalue weighted by molar-refractivity contribution is -0.146. The summed E-state index contributed by atoms with van der Waals surface area (Å²) >= 11 is 0. The third kappa shape index (κ3) is 1.56. The summed E-state index contributed by atoms with van der Waals surface area (Å²) in [5, 5.41) is 9.39. The Morgan fingerprint density at radius 3 is 2.44 bits per heavy atom. The van der Waals surface area contributed by atoms with Crippen LogP contribution in [-0.4, -0.2) is 34.1 Å². The molecular formula is C13H21NO2. The van der Waals surface area contributed by atoms with E-state index in [1.165, 1.54) is 38.5 Å². The Morgan fingerprint density at radius 1 is 1.00 bits per heavy atom. The molecule has 0 aromatic heterocycles. The molecule has 2 bridgehead atoms. The van der Waals surface area contributed by atoms with Gasteiger partial charge in [-0.05, 0) is 38.0 Å². The van der Waals surface area contributed by atoms with Crippen LogP contribution in [0.15, 0.2) is 0 Å². The minimum absolute atomic E-state index is 0.151. The molecule has 0 aromatic carbocycles. The molecule has 3 atom stereocenters. The molecule has 3 unspecified atom stereocenters. The number of likely N-dealkylation sites (tertiary alicyclic amines) is 1. The van der Waals surface area contributed by atoms with Crippen LogP contribution >= 0.6 is 0 Å². The summed E-state index contributed by atoms with van der Waals surface area (Å²) in [4.78, 5) is 13.8. The fraction of sp³-hybridized carbons (Fsp3) is 0.923. The number of hydrogen-bond donors (Lipinski definition) is 1. The predicted molar refractivity (Wildman–Crippen MR) is 61.3 cm³/mol. The maximum absolute atomic E-state index is 11.4. The zero-order valence-corrected chi connectivity index (χ0v) is 9.77. The smallest absolute Gasteiger partial charge is 0.321 e. The van der Waals surface area contributed by atoms with Gasteiger partial charge >= 0.3 is 5.97 Å². The van der Waals surface area contributed by atoms with Gasteiger partial charge < -0.3 is 5.11 Å². The molecule has 16 heavy (non-hydrogen) atoms. The molecule has 2 aliphatic carbocycles. The lowest BCUT2D eigenvalue weighted by atomic mass is 9.90. The van der Waals surface area contributed by atoms with E-state index >= 15 is 0 Å². The average molecular weight is 223 g/mol. The molecule has 0 spiro atoms. The van der Waals surface area contributed by atoms with Gasteiger partial charge in [0.1, 0.15) is 6.04 Å². The SMILES string of the molecule is O=C(O)C1C2CCC(C2)N1C1CCCCC1. The fourth-order valence-electron chi connectivity index (χ4n) is 4.25. The van der Waals surface area contributed by atoms with Gasteiger partial charge in [-0.1, -0.05) is 19.3 Å². The van der Waals surface area contributed by atoms with E-state index in [4.69, 9.17) is 0 Å². The van der Waals surface area contributed by atoms with Crippen LogP contribution in [0.5, 0.6) is 0 Å². The van der Waals surface area contributed by atoms with Crippen molar-refractivity contribution in [2.75, 3.05) is 0 Å². The zero-order valence-electron chi connectivity index (χ0n) is 9.77. The molecular weight excluding hydrogens is 202 g/mol.